The van der Waals surface area contributed by atoms with Crippen LogP contribution in [-0.2, 0) is 26.4 Å². The number of benzene rings is 1. The number of nitrogens with zero attached hydrogens (tertiary/aromatic N) is 3. The number of hydrogen-bond donors (Lipinski definition) is 0. The molecule has 1 amide bonds. The van der Waals surface area contributed by atoms with E-state index in [4.69, 9.17) is 4.42 Å². The van der Waals surface area contributed by atoms with Crippen molar-refractivity contribution in [3.8, 4) is 0 Å². The minimum absolute atomic E-state index is 0.0687. The Morgan fingerprint density at radius 2 is 2.15 bits per heavy atom. The molecule has 5 nitrogen and oxygen atoms in total. The smallest absolute Gasteiger partial charge is 0.254 e. The molecule has 1 aliphatic rings. The molecule has 0 radical (unpaired) electrons. The van der Waals surface area contributed by atoms with Gasteiger partial charge in [-0.1, -0.05) is 19.9 Å². The number of hydrogen-bond acceptors (Lipinski definition) is 3. The highest BCUT2D eigenvalue weighted by Gasteiger charge is 2.27. The molecule has 1 aliphatic heterocycles. The van der Waals surface area contributed by atoms with Crippen LogP contribution in [0.5, 0.6) is 0 Å². The average Bonchev–Trinajstić information content (AvgIpc) is 3.22. The summed E-state index contributed by atoms with van der Waals surface area (Å²) in [5.41, 5.74) is 2.75. The van der Waals surface area contributed by atoms with E-state index in [-0.39, 0.29) is 5.91 Å². The van der Waals surface area contributed by atoms with Gasteiger partial charge in [-0.25, -0.2) is 4.98 Å². The van der Waals surface area contributed by atoms with E-state index < -0.39 is 0 Å². The summed E-state index contributed by atoms with van der Waals surface area (Å²) in [5, 5.41) is 1.00. The van der Waals surface area contributed by atoms with E-state index >= 15 is 0 Å². The SMILES string of the molecule is CC(C)CCc1nc2c(o1)CCN(C(=O)c1cccc3c1ccn3C)C2. The molecule has 0 saturated carbocycles. The Kier molecular flexibility index (Phi) is 4.31. The maximum atomic E-state index is 13.1. The molecule has 0 fully saturated rings. The third-order valence-electron chi connectivity index (χ3n) is 5.15. The first kappa shape index (κ1) is 16.9. The van der Waals surface area contributed by atoms with E-state index in [2.05, 4.69) is 18.8 Å². The molecule has 0 atom stereocenters. The predicted octanol–water partition coefficient (Wildman–Crippen LogP) is 3.95. The van der Waals surface area contributed by atoms with Gasteiger partial charge in [-0.2, -0.15) is 0 Å². The van der Waals surface area contributed by atoms with Gasteiger partial charge in [0.05, 0.1) is 6.54 Å². The fourth-order valence-corrected chi connectivity index (χ4v) is 3.60. The Morgan fingerprint density at radius 3 is 2.96 bits per heavy atom. The van der Waals surface area contributed by atoms with Gasteiger partial charge >= 0.3 is 0 Å². The second-order valence-corrected chi connectivity index (χ2v) is 7.55. The van der Waals surface area contributed by atoms with Crippen molar-refractivity contribution in [2.24, 2.45) is 13.0 Å². The Hall–Kier alpha value is -2.56. The summed E-state index contributed by atoms with van der Waals surface area (Å²) in [6.45, 7) is 5.61. The maximum absolute atomic E-state index is 13.1. The fraction of sp³-hybridized carbons (Fsp3) is 0.429. The molecule has 0 aliphatic carbocycles. The summed E-state index contributed by atoms with van der Waals surface area (Å²) >= 11 is 0. The molecule has 4 rings (SSSR count). The van der Waals surface area contributed by atoms with Gasteiger partial charge in [0.15, 0.2) is 5.89 Å². The van der Waals surface area contributed by atoms with Gasteiger partial charge in [0.2, 0.25) is 0 Å². The highest BCUT2D eigenvalue weighted by molar-refractivity contribution is 6.06. The van der Waals surface area contributed by atoms with Crippen LogP contribution in [0.1, 0.15) is 48.0 Å². The number of amides is 1. The van der Waals surface area contributed by atoms with Gasteiger partial charge in [-0.3, -0.25) is 4.79 Å². The van der Waals surface area contributed by atoms with Crippen LogP contribution in [0.2, 0.25) is 0 Å². The summed E-state index contributed by atoms with van der Waals surface area (Å²) in [6, 6.07) is 7.92. The van der Waals surface area contributed by atoms with Crippen molar-refractivity contribution >= 4 is 16.8 Å². The summed E-state index contributed by atoms with van der Waals surface area (Å²) in [5.74, 6) is 2.46. The van der Waals surface area contributed by atoms with E-state index in [9.17, 15) is 4.79 Å². The van der Waals surface area contributed by atoms with Crippen LogP contribution in [-0.4, -0.2) is 26.9 Å². The lowest BCUT2D eigenvalue weighted by Crippen LogP contribution is -2.35. The molecule has 26 heavy (non-hydrogen) atoms. The minimum Gasteiger partial charge on any atom is -0.445 e. The standard InChI is InChI=1S/C21H25N3O2/c1-14(2)7-8-20-22-17-13-24(12-10-19(17)26-20)21(25)16-5-4-6-18-15(16)9-11-23(18)3/h4-6,9,11,14H,7-8,10,12-13H2,1-3H3. The lowest BCUT2D eigenvalue weighted by atomic mass is 10.1. The van der Waals surface area contributed by atoms with Crippen LogP contribution >= 0.6 is 0 Å². The van der Waals surface area contributed by atoms with Gasteiger partial charge in [-0.05, 0) is 30.5 Å². The molecular formula is C21H25N3O2. The van der Waals surface area contributed by atoms with Crippen LogP contribution in [0, 0.1) is 5.92 Å². The number of fused-ring (bicyclic) bond motifs is 2. The number of rotatable bonds is 4. The zero-order valence-corrected chi connectivity index (χ0v) is 15.7. The molecule has 0 bridgehead atoms. The van der Waals surface area contributed by atoms with Crippen LogP contribution < -0.4 is 0 Å². The summed E-state index contributed by atoms with van der Waals surface area (Å²) in [6.07, 6.45) is 4.66. The summed E-state index contributed by atoms with van der Waals surface area (Å²) < 4.78 is 7.95. The van der Waals surface area contributed by atoms with Crippen molar-refractivity contribution in [2.45, 2.75) is 39.7 Å². The van der Waals surface area contributed by atoms with E-state index in [1.807, 2.05) is 47.0 Å². The number of oxazole rings is 1. The third-order valence-corrected chi connectivity index (χ3v) is 5.15. The normalized spacial score (nSPS) is 14.2. The van der Waals surface area contributed by atoms with Crippen molar-refractivity contribution in [3.63, 3.8) is 0 Å². The molecule has 136 valence electrons. The predicted molar refractivity (Wildman–Crippen MR) is 101 cm³/mol. The van der Waals surface area contributed by atoms with Crippen molar-refractivity contribution in [3.05, 3.63) is 53.4 Å². The Balaban J connectivity index is 1.55. The zero-order chi connectivity index (χ0) is 18.3. The van der Waals surface area contributed by atoms with E-state index in [0.717, 1.165) is 53.1 Å². The first-order valence-corrected chi connectivity index (χ1v) is 9.33. The summed E-state index contributed by atoms with van der Waals surface area (Å²) in [4.78, 5) is 19.7. The van der Waals surface area contributed by atoms with Gasteiger partial charge in [0, 0.05) is 49.1 Å². The number of aromatic nitrogens is 2. The molecule has 5 heteroatoms. The van der Waals surface area contributed by atoms with Gasteiger partial charge in [0.25, 0.3) is 5.91 Å². The molecule has 0 saturated heterocycles. The summed E-state index contributed by atoms with van der Waals surface area (Å²) in [7, 11) is 2.00. The van der Waals surface area contributed by atoms with Gasteiger partial charge in [0.1, 0.15) is 11.5 Å². The highest BCUT2D eigenvalue weighted by atomic mass is 16.4. The second kappa shape index (κ2) is 6.63. The Labute approximate surface area is 153 Å². The fourth-order valence-electron chi connectivity index (χ4n) is 3.60. The number of carbonyl (C=O) groups is 1. The molecule has 0 N–H and O–H groups in total. The van der Waals surface area contributed by atoms with Crippen LogP contribution in [0.25, 0.3) is 10.9 Å². The molecule has 0 spiro atoms. The van der Waals surface area contributed by atoms with Crippen LogP contribution in [0.3, 0.4) is 0 Å². The molecular weight excluding hydrogens is 326 g/mol. The number of aryl methyl sites for hydroxylation is 2. The average molecular weight is 351 g/mol. The third kappa shape index (κ3) is 3.02. The first-order valence-electron chi connectivity index (χ1n) is 9.33. The van der Waals surface area contributed by atoms with Crippen molar-refractivity contribution in [1.82, 2.24) is 14.5 Å². The lowest BCUT2D eigenvalue weighted by molar-refractivity contribution is 0.0730. The van der Waals surface area contributed by atoms with Gasteiger partial charge in [-0.15, -0.1) is 0 Å². The zero-order valence-electron chi connectivity index (χ0n) is 15.7. The molecule has 3 heterocycles. The Morgan fingerprint density at radius 1 is 1.31 bits per heavy atom. The highest BCUT2D eigenvalue weighted by Crippen LogP contribution is 2.25. The van der Waals surface area contributed by atoms with Crippen molar-refractivity contribution < 1.29 is 9.21 Å². The topological polar surface area (TPSA) is 51.3 Å². The quantitative estimate of drug-likeness (QED) is 0.715. The Bertz CT molecular complexity index is 951. The molecule has 1 aromatic carbocycles. The maximum Gasteiger partial charge on any atom is 0.254 e. The minimum atomic E-state index is 0.0687. The van der Waals surface area contributed by atoms with Crippen LogP contribution in [0.15, 0.2) is 34.9 Å². The molecule has 0 unspecified atom stereocenters. The largest absolute Gasteiger partial charge is 0.445 e. The molecule has 3 aromatic rings. The van der Waals surface area contributed by atoms with E-state index in [1.54, 1.807) is 0 Å². The second-order valence-electron chi connectivity index (χ2n) is 7.55. The first-order chi connectivity index (χ1) is 12.5. The van der Waals surface area contributed by atoms with Crippen molar-refractivity contribution in [1.29, 1.82) is 0 Å². The van der Waals surface area contributed by atoms with Crippen molar-refractivity contribution in [2.75, 3.05) is 6.54 Å². The van der Waals surface area contributed by atoms with Gasteiger partial charge < -0.3 is 13.9 Å². The van der Waals surface area contributed by atoms with Crippen LogP contribution in [0.4, 0.5) is 0 Å². The lowest BCUT2D eigenvalue weighted by Gasteiger charge is -2.25. The molecule has 2 aromatic heterocycles. The van der Waals surface area contributed by atoms with E-state index in [1.165, 1.54) is 0 Å². The number of carbonyl (C=O) groups excluding carboxylic acids is 1. The van der Waals surface area contributed by atoms with E-state index in [0.29, 0.717) is 19.0 Å². The monoisotopic (exact) mass is 351 g/mol.